The Labute approximate surface area is 194 Å². The Morgan fingerprint density at radius 2 is 1.53 bits per heavy atom. The van der Waals surface area contributed by atoms with Crippen LogP contribution in [0.5, 0.6) is 5.75 Å². The molecule has 6 heteroatoms. The molecule has 0 aliphatic carbocycles. The lowest BCUT2D eigenvalue weighted by Crippen LogP contribution is -2.07. The highest BCUT2D eigenvalue weighted by Gasteiger charge is 2.21. The van der Waals surface area contributed by atoms with Crippen LogP contribution in [0.4, 0.5) is 5.69 Å². The van der Waals surface area contributed by atoms with E-state index < -0.39 is 5.63 Å². The van der Waals surface area contributed by atoms with Gasteiger partial charge in [-0.2, -0.15) is 10.5 Å². The summed E-state index contributed by atoms with van der Waals surface area (Å²) in [4.78, 5) is 13.0. The third-order valence-electron chi connectivity index (χ3n) is 5.92. The first kappa shape index (κ1) is 20.8. The number of benzene rings is 4. The van der Waals surface area contributed by atoms with Gasteiger partial charge in [0.25, 0.3) is 0 Å². The SMILES string of the molecule is COc1ccc(-c2cc(-c3cc4c(ccc5ccccc54)oc3=O)c(C#N)c(N)c2C#N)cc1. The number of hydrogen-bond acceptors (Lipinski definition) is 6. The molecule has 34 heavy (non-hydrogen) atoms. The van der Waals surface area contributed by atoms with Crippen LogP contribution in [-0.2, 0) is 0 Å². The highest BCUT2D eigenvalue weighted by molar-refractivity contribution is 6.06. The molecule has 4 aromatic carbocycles. The molecule has 162 valence electrons. The predicted octanol–water partition coefficient (Wildman–Crippen LogP) is 5.61. The minimum Gasteiger partial charge on any atom is -0.497 e. The quantitative estimate of drug-likeness (QED) is 0.220. The molecule has 0 saturated heterocycles. The fourth-order valence-electron chi connectivity index (χ4n) is 4.21. The summed E-state index contributed by atoms with van der Waals surface area (Å²) in [6.45, 7) is 0. The van der Waals surface area contributed by atoms with Crippen molar-refractivity contribution in [3.63, 3.8) is 0 Å². The third kappa shape index (κ3) is 3.23. The maximum absolute atomic E-state index is 13.0. The van der Waals surface area contributed by atoms with Gasteiger partial charge in [-0.3, -0.25) is 0 Å². The summed E-state index contributed by atoms with van der Waals surface area (Å²) in [5, 5.41) is 22.4. The Balaban J connectivity index is 1.84. The maximum atomic E-state index is 13.0. The normalized spacial score (nSPS) is 10.7. The van der Waals surface area contributed by atoms with Crippen LogP contribution < -0.4 is 16.1 Å². The molecule has 0 unspecified atom stereocenters. The number of rotatable bonds is 3. The van der Waals surface area contributed by atoms with E-state index in [1.165, 1.54) is 0 Å². The summed E-state index contributed by atoms with van der Waals surface area (Å²) < 4.78 is 10.9. The van der Waals surface area contributed by atoms with E-state index >= 15 is 0 Å². The molecule has 5 rings (SSSR count). The monoisotopic (exact) mass is 443 g/mol. The van der Waals surface area contributed by atoms with Crippen molar-refractivity contribution in [2.24, 2.45) is 0 Å². The van der Waals surface area contributed by atoms with Gasteiger partial charge < -0.3 is 14.9 Å². The molecule has 1 aromatic heterocycles. The standard InChI is InChI=1S/C28H17N3O3/c1-33-18-9-6-17(7-10-18)20-12-21(25(15-30)27(31)24(20)14-29)23-13-22-19-5-3-2-4-16(19)8-11-26(22)34-28(23)32/h2-13H,31H2,1H3. The molecule has 0 bridgehead atoms. The lowest BCUT2D eigenvalue weighted by Gasteiger charge is -2.14. The zero-order chi connectivity index (χ0) is 23.8. The molecule has 0 spiro atoms. The van der Waals surface area contributed by atoms with Crippen molar-refractivity contribution in [1.29, 1.82) is 10.5 Å². The summed E-state index contributed by atoms with van der Waals surface area (Å²) in [5.41, 5.74) is 8.11. The molecule has 0 atom stereocenters. The largest absolute Gasteiger partial charge is 0.497 e. The van der Waals surface area contributed by atoms with Crippen LogP contribution in [0.2, 0.25) is 0 Å². The van der Waals surface area contributed by atoms with E-state index in [9.17, 15) is 15.3 Å². The molecule has 6 nitrogen and oxygen atoms in total. The van der Waals surface area contributed by atoms with Crippen molar-refractivity contribution in [3.8, 4) is 40.1 Å². The molecular formula is C28H17N3O3. The second kappa shape index (κ2) is 8.12. The van der Waals surface area contributed by atoms with Crippen molar-refractivity contribution in [2.45, 2.75) is 0 Å². The van der Waals surface area contributed by atoms with E-state index in [2.05, 4.69) is 12.1 Å². The molecule has 0 fully saturated rings. The van der Waals surface area contributed by atoms with Crippen LogP contribution in [0.3, 0.4) is 0 Å². The maximum Gasteiger partial charge on any atom is 0.344 e. The third-order valence-corrected chi connectivity index (χ3v) is 5.92. The Morgan fingerprint density at radius 3 is 2.24 bits per heavy atom. The van der Waals surface area contributed by atoms with Gasteiger partial charge in [-0.25, -0.2) is 4.79 Å². The second-order valence-corrected chi connectivity index (χ2v) is 7.73. The van der Waals surface area contributed by atoms with E-state index in [1.54, 1.807) is 49.6 Å². The molecule has 5 aromatic rings. The van der Waals surface area contributed by atoms with E-state index in [4.69, 9.17) is 14.9 Å². The Bertz CT molecular complexity index is 1740. The van der Waals surface area contributed by atoms with Crippen molar-refractivity contribution in [3.05, 3.63) is 94.3 Å². The zero-order valence-electron chi connectivity index (χ0n) is 18.1. The van der Waals surface area contributed by atoms with Gasteiger partial charge in [0.05, 0.1) is 29.5 Å². The number of anilines is 1. The number of nitrogens with two attached hydrogens (primary N) is 1. The van der Waals surface area contributed by atoms with Gasteiger partial charge >= 0.3 is 5.63 Å². The highest BCUT2D eigenvalue weighted by atomic mass is 16.5. The van der Waals surface area contributed by atoms with E-state index in [1.807, 2.05) is 30.3 Å². The summed E-state index contributed by atoms with van der Waals surface area (Å²) in [7, 11) is 1.57. The average Bonchev–Trinajstić information content (AvgIpc) is 2.87. The summed E-state index contributed by atoms with van der Waals surface area (Å²) >= 11 is 0. The van der Waals surface area contributed by atoms with E-state index in [0.717, 1.165) is 16.2 Å². The molecule has 1 heterocycles. The van der Waals surface area contributed by atoms with Gasteiger partial charge in [-0.05, 0) is 46.7 Å². The van der Waals surface area contributed by atoms with Crippen LogP contribution in [-0.4, -0.2) is 7.11 Å². The smallest absolute Gasteiger partial charge is 0.344 e. The summed E-state index contributed by atoms with van der Waals surface area (Å²) in [6, 6.07) is 26.1. The Morgan fingerprint density at radius 1 is 0.824 bits per heavy atom. The first-order valence-electron chi connectivity index (χ1n) is 10.4. The first-order valence-corrected chi connectivity index (χ1v) is 10.4. The topological polar surface area (TPSA) is 113 Å². The molecular weight excluding hydrogens is 426 g/mol. The van der Waals surface area contributed by atoms with Crippen molar-refractivity contribution in [2.75, 3.05) is 12.8 Å². The fraction of sp³-hybridized carbons (Fsp3) is 0.0357. The number of nitrogen functional groups attached to an aromatic ring is 1. The van der Waals surface area contributed by atoms with Crippen LogP contribution in [0.15, 0.2) is 82.0 Å². The summed E-state index contributed by atoms with van der Waals surface area (Å²) in [6.07, 6.45) is 0. The second-order valence-electron chi connectivity index (χ2n) is 7.73. The number of nitrogens with zero attached hydrogens (tertiary/aromatic N) is 2. The minimum absolute atomic E-state index is 0.0192. The van der Waals surface area contributed by atoms with Crippen LogP contribution in [0, 0.1) is 22.7 Å². The Hall–Kier alpha value is -5.07. The number of nitriles is 2. The highest BCUT2D eigenvalue weighted by Crippen LogP contribution is 2.38. The minimum atomic E-state index is -0.593. The molecule has 0 radical (unpaired) electrons. The lowest BCUT2D eigenvalue weighted by atomic mass is 9.89. The summed E-state index contributed by atoms with van der Waals surface area (Å²) in [5.74, 6) is 0.658. The van der Waals surface area contributed by atoms with Gasteiger partial charge in [0.15, 0.2) is 0 Å². The van der Waals surface area contributed by atoms with Crippen molar-refractivity contribution in [1.82, 2.24) is 0 Å². The van der Waals surface area contributed by atoms with Gasteiger partial charge in [0.2, 0.25) is 0 Å². The van der Waals surface area contributed by atoms with Crippen LogP contribution in [0.1, 0.15) is 11.1 Å². The van der Waals surface area contributed by atoms with Crippen LogP contribution >= 0.6 is 0 Å². The number of methoxy groups -OCH3 is 1. The number of fused-ring (bicyclic) bond motifs is 3. The van der Waals surface area contributed by atoms with E-state index in [-0.39, 0.29) is 22.4 Å². The molecule has 2 N–H and O–H groups in total. The lowest BCUT2D eigenvalue weighted by molar-refractivity contribution is 0.415. The van der Waals surface area contributed by atoms with E-state index in [0.29, 0.717) is 28.0 Å². The molecule has 0 saturated carbocycles. The van der Waals surface area contributed by atoms with Crippen molar-refractivity contribution >= 4 is 27.4 Å². The molecule has 0 amide bonds. The Kier molecular flexibility index (Phi) is 4.97. The predicted molar refractivity (Wildman–Crippen MR) is 131 cm³/mol. The van der Waals surface area contributed by atoms with Gasteiger partial charge in [-0.15, -0.1) is 0 Å². The molecule has 0 aliphatic rings. The van der Waals surface area contributed by atoms with Crippen molar-refractivity contribution < 1.29 is 9.15 Å². The van der Waals surface area contributed by atoms with Gasteiger partial charge in [0, 0.05) is 16.5 Å². The zero-order valence-corrected chi connectivity index (χ0v) is 18.1. The first-order chi connectivity index (χ1) is 16.5. The van der Waals surface area contributed by atoms with Gasteiger partial charge in [0.1, 0.15) is 23.5 Å². The van der Waals surface area contributed by atoms with Crippen LogP contribution in [0.25, 0.3) is 44.0 Å². The number of ether oxygens (including phenoxy) is 1. The average molecular weight is 443 g/mol. The molecule has 0 aliphatic heterocycles. The fourth-order valence-corrected chi connectivity index (χ4v) is 4.21. The number of hydrogen-bond donors (Lipinski definition) is 1. The van der Waals surface area contributed by atoms with Gasteiger partial charge in [-0.1, -0.05) is 42.5 Å².